The third-order valence-electron chi connectivity index (χ3n) is 3.73. The fourth-order valence-corrected chi connectivity index (χ4v) is 2.98. The highest BCUT2D eigenvalue weighted by molar-refractivity contribution is 7.07. The van der Waals surface area contributed by atoms with Gasteiger partial charge in [-0.05, 0) is 59.0 Å². The Morgan fingerprint density at radius 1 is 1.30 bits per heavy atom. The maximum absolute atomic E-state index is 12.4. The van der Waals surface area contributed by atoms with Crippen molar-refractivity contribution in [2.75, 3.05) is 0 Å². The molecule has 1 fully saturated rings. The molecule has 1 aliphatic rings. The summed E-state index contributed by atoms with van der Waals surface area (Å²) in [5.41, 5.74) is 1.97. The summed E-state index contributed by atoms with van der Waals surface area (Å²) in [7, 11) is 0. The topological polar surface area (TPSA) is 63.4 Å². The van der Waals surface area contributed by atoms with E-state index in [-0.39, 0.29) is 11.6 Å². The van der Waals surface area contributed by atoms with Crippen LogP contribution in [-0.2, 0) is 11.3 Å². The third kappa shape index (κ3) is 4.04. The van der Waals surface area contributed by atoms with Crippen molar-refractivity contribution in [3.05, 3.63) is 68.4 Å². The van der Waals surface area contributed by atoms with E-state index in [0.29, 0.717) is 12.6 Å². The molecule has 1 aromatic carbocycles. The van der Waals surface area contributed by atoms with Gasteiger partial charge in [-0.3, -0.25) is 14.9 Å². The molecule has 3 rings (SSSR count). The number of carbonyl (C=O) groups excluding carboxylic acids is 1. The van der Waals surface area contributed by atoms with Crippen molar-refractivity contribution in [2.45, 2.75) is 25.4 Å². The van der Waals surface area contributed by atoms with Gasteiger partial charge in [-0.2, -0.15) is 11.3 Å². The Morgan fingerprint density at radius 3 is 2.61 bits per heavy atom. The molecule has 0 N–H and O–H groups in total. The minimum absolute atomic E-state index is 0.0166. The molecule has 6 heteroatoms. The Hall–Kier alpha value is -2.47. The first-order valence-corrected chi connectivity index (χ1v) is 8.32. The van der Waals surface area contributed by atoms with Gasteiger partial charge in [0.1, 0.15) is 0 Å². The average molecular weight is 328 g/mol. The zero-order chi connectivity index (χ0) is 16.2. The lowest BCUT2D eigenvalue weighted by molar-refractivity contribution is -0.384. The summed E-state index contributed by atoms with van der Waals surface area (Å²) in [4.78, 5) is 24.5. The number of thiophene rings is 1. The maximum atomic E-state index is 12.4. The standard InChI is InChI=1S/C17H16N2O3S/c20-17(8-3-13-1-4-16(5-2-13)19(21)22)18(15-6-7-15)11-14-9-10-23-12-14/h1-5,8-10,12,15H,6-7,11H2/b8-3+. The monoisotopic (exact) mass is 328 g/mol. The molecule has 0 aliphatic heterocycles. The molecular weight excluding hydrogens is 312 g/mol. The summed E-state index contributed by atoms with van der Waals surface area (Å²) >= 11 is 1.63. The van der Waals surface area contributed by atoms with E-state index in [1.165, 1.54) is 12.1 Å². The van der Waals surface area contributed by atoms with Gasteiger partial charge in [0.2, 0.25) is 5.91 Å². The van der Waals surface area contributed by atoms with E-state index < -0.39 is 4.92 Å². The van der Waals surface area contributed by atoms with Crippen LogP contribution < -0.4 is 0 Å². The van der Waals surface area contributed by atoms with Gasteiger partial charge in [0.25, 0.3) is 5.69 Å². The normalized spacial score (nSPS) is 14.1. The van der Waals surface area contributed by atoms with Crippen LogP contribution in [0.25, 0.3) is 6.08 Å². The highest BCUT2D eigenvalue weighted by atomic mass is 32.1. The predicted molar refractivity (Wildman–Crippen MR) is 90.0 cm³/mol. The molecule has 0 atom stereocenters. The molecule has 0 saturated heterocycles. The van der Waals surface area contributed by atoms with Gasteiger partial charge < -0.3 is 4.90 Å². The molecule has 0 radical (unpaired) electrons. The zero-order valence-electron chi connectivity index (χ0n) is 12.4. The lowest BCUT2D eigenvalue weighted by Gasteiger charge is -2.20. The highest BCUT2D eigenvalue weighted by Crippen LogP contribution is 2.29. The number of nitro groups is 1. The number of hydrogen-bond donors (Lipinski definition) is 0. The second-order valence-electron chi connectivity index (χ2n) is 5.51. The summed E-state index contributed by atoms with van der Waals surface area (Å²) in [5, 5.41) is 14.7. The largest absolute Gasteiger partial charge is 0.332 e. The summed E-state index contributed by atoms with van der Waals surface area (Å²) in [5.74, 6) is -0.0166. The number of nitrogens with zero attached hydrogens (tertiary/aromatic N) is 2. The molecule has 0 spiro atoms. The van der Waals surface area contributed by atoms with Crippen molar-refractivity contribution >= 4 is 29.0 Å². The van der Waals surface area contributed by atoms with Gasteiger partial charge in [-0.1, -0.05) is 0 Å². The fraction of sp³-hybridized carbons (Fsp3) is 0.235. The van der Waals surface area contributed by atoms with Crippen LogP contribution in [0.3, 0.4) is 0 Å². The van der Waals surface area contributed by atoms with E-state index in [1.807, 2.05) is 16.3 Å². The maximum Gasteiger partial charge on any atom is 0.269 e. The number of amides is 1. The Balaban J connectivity index is 1.67. The van der Waals surface area contributed by atoms with Crippen molar-refractivity contribution in [2.24, 2.45) is 0 Å². The van der Waals surface area contributed by atoms with E-state index in [1.54, 1.807) is 35.6 Å². The number of carbonyl (C=O) groups is 1. The van der Waals surface area contributed by atoms with Gasteiger partial charge in [0.05, 0.1) is 4.92 Å². The molecule has 0 bridgehead atoms. The Bertz CT molecular complexity index is 719. The van der Waals surface area contributed by atoms with Crippen LogP contribution in [0, 0.1) is 10.1 Å². The van der Waals surface area contributed by atoms with Crippen LogP contribution in [0.1, 0.15) is 24.0 Å². The summed E-state index contributed by atoms with van der Waals surface area (Å²) in [6, 6.07) is 8.53. The smallest absolute Gasteiger partial charge is 0.269 e. The predicted octanol–water partition coefficient (Wildman–Crippen LogP) is 3.86. The van der Waals surface area contributed by atoms with Gasteiger partial charge in [0, 0.05) is 30.8 Å². The minimum atomic E-state index is -0.436. The number of benzene rings is 1. The molecule has 1 heterocycles. The van der Waals surface area contributed by atoms with E-state index in [2.05, 4.69) is 5.38 Å². The molecule has 1 amide bonds. The van der Waals surface area contributed by atoms with Crippen LogP contribution in [-0.4, -0.2) is 21.8 Å². The van der Waals surface area contributed by atoms with Gasteiger partial charge in [-0.15, -0.1) is 0 Å². The van der Waals surface area contributed by atoms with Crippen molar-refractivity contribution in [3.8, 4) is 0 Å². The number of hydrogen-bond acceptors (Lipinski definition) is 4. The van der Waals surface area contributed by atoms with Gasteiger partial charge in [-0.25, -0.2) is 0 Å². The molecule has 23 heavy (non-hydrogen) atoms. The number of rotatable bonds is 6. The lowest BCUT2D eigenvalue weighted by atomic mass is 10.2. The van der Waals surface area contributed by atoms with E-state index in [0.717, 1.165) is 24.0 Å². The first-order chi connectivity index (χ1) is 11.1. The first-order valence-electron chi connectivity index (χ1n) is 7.38. The average Bonchev–Trinajstić information content (AvgIpc) is 3.26. The minimum Gasteiger partial charge on any atom is -0.332 e. The molecule has 118 valence electrons. The van der Waals surface area contributed by atoms with Crippen molar-refractivity contribution in [1.82, 2.24) is 4.90 Å². The Kier molecular flexibility index (Phi) is 4.52. The zero-order valence-corrected chi connectivity index (χ0v) is 13.2. The summed E-state index contributed by atoms with van der Waals surface area (Å²) in [6.07, 6.45) is 5.36. The summed E-state index contributed by atoms with van der Waals surface area (Å²) in [6.45, 7) is 0.637. The molecular formula is C17H16N2O3S. The SMILES string of the molecule is O=C(/C=C/c1ccc([N+](=O)[O-])cc1)N(Cc1ccsc1)C1CC1. The second kappa shape index (κ2) is 6.75. The number of nitro benzene ring substituents is 1. The first kappa shape index (κ1) is 15.4. The van der Waals surface area contributed by atoms with Crippen LogP contribution >= 0.6 is 11.3 Å². The molecule has 1 aromatic heterocycles. The van der Waals surface area contributed by atoms with E-state index >= 15 is 0 Å². The molecule has 2 aromatic rings. The van der Waals surface area contributed by atoms with Crippen LogP contribution in [0.4, 0.5) is 5.69 Å². The van der Waals surface area contributed by atoms with Crippen LogP contribution in [0.5, 0.6) is 0 Å². The third-order valence-corrected chi connectivity index (χ3v) is 4.46. The molecule has 5 nitrogen and oxygen atoms in total. The molecule has 1 saturated carbocycles. The van der Waals surface area contributed by atoms with Crippen molar-refractivity contribution in [3.63, 3.8) is 0 Å². The molecule has 1 aliphatic carbocycles. The van der Waals surface area contributed by atoms with Crippen molar-refractivity contribution < 1.29 is 9.72 Å². The highest BCUT2D eigenvalue weighted by Gasteiger charge is 2.31. The van der Waals surface area contributed by atoms with Gasteiger partial charge in [0.15, 0.2) is 0 Å². The fourth-order valence-electron chi connectivity index (χ4n) is 2.32. The Labute approximate surface area is 138 Å². The van der Waals surface area contributed by atoms with Gasteiger partial charge >= 0.3 is 0 Å². The van der Waals surface area contributed by atoms with Crippen LogP contribution in [0.15, 0.2) is 47.2 Å². The summed E-state index contributed by atoms with van der Waals surface area (Å²) < 4.78 is 0. The van der Waals surface area contributed by atoms with E-state index in [9.17, 15) is 14.9 Å². The van der Waals surface area contributed by atoms with Crippen LogP contribution in [0.2, 0.25) is 0 Å². The second-order valence-corrected chi connectivity index (χ2v) is 6.29. The van der Waals surface area contributed by atoms with E-state index in [4.69, 9.17) is 0 Å². The lowest BCUT2D eigenvalue weighted by Crippen LogP contribution is -2.30. The van der Waals surface area contributed by atoms with Crippen molar-refractivity contribution in [1.29, 1.82) is 0 Å². The Morgan fingerprint density at radius 2 is 2.04 bits per heavy atom. The quantitative estimate of drug-likeness (QED) is 0.459. The number of non-ortho nitro benzene ring substituents is 1. The molecule has 0 unspecified atom stereocenters.